The molecule has 0 saturated heterocycles. The predicted octanol–water partition coefficient (Wildman–Crippen LogP) is 4.30. The van der Waals surface area contributed by atoms with E-state index in [-0.39, 0.29) is 32.4 Å². The zero-order chi connectivity index (χ0) is 22.3. The molecular weight excluding hydrogens is 384 g/mol. The fraction of sp³-hybridized carbons (Fsp3) is 0.875. The van der Waals surface area contributed by atoms with Gasteiger partial charge in [-0.1, -0.05) is 70.4 Å². The summed E-state index contributed by atoms with van der Waals surface area (Å²) in [6.45, 7) is 1.48. The average Bonchev–Trinajstić information content (AvgIpc) is 2.75. The molecule has 178 valence electrons. The highest BCUT2D eigenvalue weighted by Gasteiger charge is 2.14. The molecule has 0 saturated carbocycles. The van der Waals surface area contributed by atoms with Crippen LogP contribution in [0.2, 0.25) is 0 Å². The van der Waals surface area contributed by atoms with Crippen LogP contribution in [-0.4, -0.2) is 59.9 Å². The predicted molar refractivity (Wildman–Crippen MR) is 120 cm³/mol. The zero-order valence-corrected chi connectivity index (χ0v) is 19.1. The SMILES string of the molecule is CCCCCCCCC=CCCCCCCCC(=O)OC(CO)COCC(O)CO. The van der Waals surface area contributed by atoms with Crippen LogP contribution in [-0.2, 0) is 14.3 Å². The van der Waals surface area contributed by atoms with Crippen molar-refractivity contribution in [1.29, 1.82) is 0 Å². The van der Waals surface area contributed by atoms with Gasteiger partial charge in [-0.05, 0) is 32.1 Å². The first-order valence-corrected chi connectivity index (χ1v) is 12.0. The standard InChI is InChI=1S/C24H46O6/c1-2-3-4-5-6-7-8-9-10-11-12-13-14-15-16-17-24(28)30-23(19-26)21-29-20-22(27)18-25/h9-10,22-23,25-27H,2-8,11-21H2,1H3. The Kier molecular flexibility index (Phi) is 22.0. The number of ether oxygens (including phenoxy) is 2. The number of hydrogen-bond acceptors (Lipinski definition) is 6. The highest BCUT2D eigenvalue weighted by molar-refractivity contribution is 5.69. The van der Waals surface area contributed by atoms with Crippen molar-refractivity contribution in [2.24, 2.45) is 0 Å². The Morgan fingerprint density at radius 3 is 1.93 bits per heavy atom. The van der Waals surface area contributed by atoms with Crippen LogP contribution >= 0.6 is 0 Å². The van der Waals surface area contributed by atoms with Crippen LogP contribution in [0.1, 0.15) is 96.8 Å². The molecule has 3 N–H and O–H groups in total. The minimum Gasteiger partial charge on any atom is -0.457 e. The van der Waals surface area contributed by atoms with Gasteiger partial charge in [0.25, 0.3) is 0 Å². The van der Waals surface area contributed by atoms with Crippen molar-refractivity contribution in [3.8, 4) is 0 Å². The molecule has 2 atom stereocenters. The first-order valence-electron chi connectivity index (χ1n) is 12.0. The Balaban J connectivity index is 3.47. The number of carbonyl (C=O) groups is 1. The molecular formula is C24H46O6. The van der Waals surface area contributed by atoms with Crippen molar-refractivity contribution >= 4 is 5.97 Å². The first kappa shape index (κ1) is 29.1. The van der Waals surface area contributed by atoms with Crippen LogP contribution in [0.25, 0.3) is 0 Å². The van der Waals surface area contributed by atoms with Gasteiger partial charge in [0.05, 0.1) is 26.4 Å². The van der Waals surface area contributed by atoms with Crippen molar-refractivity contribution in [2.45, 2.75) is 109 Å². The van der Waals surface area contributed by atoms with Gasteiger partial charge in [-0.15, -0.1) is 0 Å². The van der Waals surface area contributed by atoms with Gasteiger partial charge >= 0.3 is 5.97 Å². The number of carbonyl (C=O) groups excluding carboxylic acids is 1. The third-order valence-electron chi connectivity index (χ3n) is 4.97. The van der Waals surface area contributed by atoms with Crippen molar-refractivity contribution in [1.82, 2.24) is 0 Å². The molecule has 0 bridgehead atoms. The van der Waals surface area contributed by atoms with Crippen LogP contribution < -0.4 is 0 Å². The van der Waals surface area contributed by atoms with Crippen molar-refractivity contribution < 1.29 is 29.6 Å². The maximum Gasteiger partial charge on any atom is 0.306 e. The Morgan fingerprint density at radius 1 is 0.800 bits per heavy atom. The number of allylic oxidation sites excluding steroid dienone is 2. The maximum atomic E-state index is 11.8. The molecule has 0 aromatic heterocycles. The minimum atomic E-state index is -0.962. The second kappa shape index (κ2) is 22.7. The summed E-state index contributed by atoms with van der Waals surface area (Å²) in [6.07, 6.45) is 19.0. The average molecular weight is 431 g/mol. The lowest BCUT2D eigenvalue weighted by atomic mass is 10.1. The lowest BCUT2D eigenvalue weighted by molar-refractivity contribution is -0.155. The molecule has 0 amide bonds. The van der Waals surface area contributed by atoms with Crippen molar-refractivity contribution in [2.75, 3.05) is 26.4 Å². The van der Waals surface area contributed by atoms with E-state index in [1.165, 1.54) is 57.8 Å². The van der Waals surface area contributed by atoms with Gasteiger partial charge in [0.1, 0.15) is 12.2 Å². The van der Waals surface area contributed by atoms with Crippen molar-refractivity contribution in [3.63, 3.8) is 0 Å². The molecule has 0 aromatic rings. The fourth-order valence-electron chi connectivity index (χ4n) is 3.10. The van der Waals surface area contributed by atoms with Crippen LogP contribution in [0.4, 0.5) is 0 Å². The molecule has 6 nitrogen and oxygen atoms in total. The highest BCUT2D eigenvalue weighted by atomic mass is 16.6. The van der Waals surface area contributed by atoms with Gasteiger partial charge in [-0.2, -0.15) is 0 Å². The molecule has 2 unspecified atom stereocenters. The van der Waals surface area contributed by atoms with E-state index in [2.05, 4.69) is 19.1 Å². The fourth-order valence-corrected chi connectivity index (χ4v) is 3.10. The third kappa shape index (κ3) is 20.3. The number of unbranched alkanes of at least 4 members (excludes halogenated alkanes) is 11. The molecule has 0 aliphatic carbocycles. The Bertz CT molecular complexity index is 399. The summed E-state index contributed by atoms with van der Waals surface area (Å²) in [5.74, 6) is -0.335. The van der Waals surface area contributed by atoms with E-state index in [9.17, 15) is 15.0 Å². The van der Waals surface area contributed by atoms with E-state index in [0.29, 0.717) is 6.42 Å². The molecule has 30 heavy (non-hydrogen) atoms. The van der Waals surface area contributed by atoms with E-state index >= 15 is 0 Å². The van der Waals surface area contributed by atoms with Crippen LogP contribution in [0.15, 0.2) is 12.2 Å². The summed E-state index contributed by atoms with van der Waals surface area (Å²) in [4.78, 5) is 11.8. The molecule has 0 heterocycles. The summed E-state index contributed by atoms with van der Waals surface area (Å²) >= 11 is 0. The summed E-state index contributed by atoms with van der Waals surface area (Å²) < 4.78 is 10.3. The molecule has 0 fully saturated rings. The van der Waals surface area contributed by atoms with Gasteiger partial charge in [0.15, 0.2) is 0 Å². The van der Waals surface area contributed by atoms with Gasteiger partial charge in [-0.3, -0.25) is 4.79 Å². The van der Waals surface area contributed by atoms with Gasteiger partial charge in [0.2, 0.25) is 0 Å². The molecule has 6 heteroatoms. The second-order valence-corrected chi connectivity index (χ2v) is 8.00. The number of hydrogen-bond donors (Lipinski definition) is 3. The topological polar surface area (TPSA) is 96.2 Å². The minimum absolute atomic E-state index is 0.00563. The van der Waals surface area contributed by atoms with Gasteiger partial charge in [-0.25, -0.2) is 0 Å². The number of aliphatic hydroxyl groups is 3. The Labute approximate surface area is 183 Å². The molecule has 0 aliphatic heterocycles. The number of aliphatic hydroxyl groups excluding tert-OH is 3. The molecule has 0 spiro atoms. The largest absolute Gasteiger partial charge is 0.457 e. The zero-order valence-electron chi connectivity index (χ0n) is 19.1. The lowest BCUT2D eigenvalue weighted by Crippen LogP contribution is -2.29. The van der Waals surface area contributed by atoms with E-state index in [1.54, 1.807) is 0 Å². The van der Waals surface area contributed by atoms with Crippen molar-refractivity contribution in [3.05, 3.63) is 12.2 Å². The summed E-state index contributed by atoms with van der Waals surface area (Å²) in [6, 6.07) is 0. The Hall–Kier alpha value is -0.950. The van der Waals surface area contributed by atoms with E-state index < -0.39 is 12.2 Å². The summed E-state index contributed by atoms with van der Waals surface area (Å²) in [5.41, 5.74) is 0. The van der Waals surface area contributed by atoms with E-state index in [1.807, 2.05) is 0 Å². The number of rotatable bonds is 22. The van der Waals surface area contributed by atoms with Crippen LogP contribution in [0.3, 0.4) is 0 Å². The van der Waals surface area contributed by atoms with Crippen LogP contribution in [0.5, 0.6) is 0 Å². The smallest absolute Gasteiger partial charge is 0.306 e. The summed E-state index contributed by atoms with van der Waals surface area (Å²) in [5, 5.41) is 27.1. The lowest BCUT2D eigenvalue weighted by Gasteiger charge is -2.16. The number of esters is 1. The third-order valence-corrected chi connectivity index (χ3v) is 4.97. The maximum absolute atomic E-state index is 11.8. The van der Waals surface area contributed by atoms with E-state index in [4.69, 9.17) is 14.6 Å². The highest BCUT2D eigenvalue weighted by Crippen LogP contribution is 2.10. The van der Waals surface area contributed by atoms with Crippen LogP contribution in [0, 0.1) is 0 Å². The van der Waals surface area contributed by atoms with E-state index in [0.717, 1.165) is 25.7 Å². The first-order chi connectivity index (χ1) is 14.6. The molecule has 0 rings (SSSR count). The van der Waals surface area contributed by atoms with Gasteiger partial charge < -0.3 is 24.8 Å². The Morgan fingerprint density at radius 2 is 1.37 bits per heavy atom. The molecule has 0 aliphatic rings. The quantitative estimate of drug-likeness (QED) is 0.135. The monoisotopic (exact) mass is 430 g/mol. The second-order valence-electron chi connectivity index (χ2n) is 8.00. The van der Waals surface area contributed by atoms with Gasteiger partial charge in [0, 0.05) is 6.42 Å². The summed E-state index contributed by atoms with van der Waals surface area (Å²) in [7, 11) is 0. The normalized spacial score (nSPS) is 13.6. The molecule has 0 aromatic carbocycles. The molecule has 0 radical (unpaired) electrons.